The zero-order valence-corrected chi connectivity index (χ0v) is 13.2. The molecular formula is C13H18ClN5O3. The maximum absolute atomic E-state index is 6.03. The standard InChI is InChI=1S/C13H18ClN5O3/c1-20-5-9-8(21-2)3-7(22-9)4-19-6-16-10-11(14)17-13(15)18-12(10)19/h6-9H,3-5H2,1-2H3,(H2,15,17,18)/t7?,8-,9?/m1/s1. The first-order valence-corrected chi connectivity index (χ1v) is 7.31. The fourth-order valence-electron chi connectivity index (χ4n) is 2.76. The smallest absolute Gasteiger partial charge is 0.223 e. The number of fused-ring (bicyclic) bond motifs is 1. The number of imidazole rings is 1. The number of halogens is 1. The summed E-state index contributed by atoms with van der Waals surface area (Å²) in [6, 6.07) is 0. The predicted octanol–water partition coefficient (Wildman–Crippen LogP) is 0.881. The van der Waals surface area contributed by atoms with Gasteiger partial charge >= 0.3 is 0 Å². The Morgan fingerprint density at radius 2 is 2.27 bits per heavy atom. The van der Waals surface area contributed by atoms with Crippen LogP contribution in [0, 0.1) is 0 Å². The Labute approximate surface area is 132 Å². The van der Waals surface area contributed by atoms with Crippen LogP contribution in [0.2, 0.25) is 5.15 Å². The molecule has 1 aliphatic heterocycles. The van der Waals surface area contributed by atoms with Crippen molar-refractivity contribution in [3.8, 4) is 0 Å². The van der Waals surface area contributed by atoms with Crippen molar-refractivity contribution >= 4 is 28.7 Å². The molecule has 9 heteroatoms. The summed E-state index contributed by atoms with van der Waals surface area (Å²) in [6.45, 7) is 1.09. The normalized spacial score (nSPS) is 25.1. The third-order valence-corrected chi connectivity index (χ3v) is 4.01. The highest BCUT2D eigenvalue weighted by atomic mass is 35.5. The van der Waals surface area contributed by atoms with Gasteiger partial charge in [-0.15, -0.1) is 0 Å². The van der Waals surface area contributed by atoms with Gasteiger partial charge in [-0.1, -0.05) is 11.6 Å². The lowest BCUT2D eigenvalue weighted by Gasteiger charge is -2.16. The van der Waals surface area contributed by atoms with E-state index in [1.54, 1.807) is 20.5 Å². The minimum Gasteiger partial charge on any atom is -0.382 e. The molecule has 3 rings (SSSR count). The molecule has 2 N–H and O–H groups in total. The molecule has 3 atom stereocenters. The van der Waals surface area contributed by atoms with Crippen molar-refractivity contribution in [2.45, 2.75) is 31.3 Å². The summed E-state index contributed by atoms with van der Waals surface area (Å²) in [5.74, 6) is 0.124. The number of hydrogen-bond donors (Lipinski definition) is 1. The Bertz CT molecular complexity index is 664. The topological polar surface area (TPSA) is 97.3 Å². The lowest BCUT2D eigenvalue weighted by molar-refractivity contribution is -0.0463. The molecule has 0 bridgehead atoms. The van der Waals surface area contributed by atoms with E-state index in [1.807, 2.05) is 4.57 Å². The van der Waals surface area contributed by atoms with Gasteiger partial charge in [0.15, 0.2) is 10.8 Å². The van der Waals surface area contributed by atoms with Crippen LogP contribution in [0.3, 0.4) is 0 Å². The largest absolute Gasteiger partial charge is 0.382 e. The molecule has 0 saturated carbocycles. The number of nitrogen functional groups attached to an aromatic ring is 1. The van der Waals surface area contributed by atoms with Gasteiger partial charge in [0.25, 0.3) is 0 Å². The fraction of sp³-hybridized carbons (Fsp3) is 0.615. The SMILES string of the molecule is COCC1OC(Cn2cnc3c(Cl)nc(N)nc32)C[C@H]1OC. The van der Waals surface area contributed by atoms with E-state index in [0.29, 0.717) is 24.3 Å². The maximum Gasteiger partial charge on any atom is 0.223 e. The third kappa shape index (κ3) is 2.87. The minimum absolute atomic E-state index is 0.0162. The molecule has 3 heterocycles. The van der Waals surface area contributed by atoms with Crippen molar-refractivity contribution in [3.63, 3.8) is 0 Å². The average Bonchev–Trinajstić information content (AvgIpc) is 3.04. The van der Waals surface area contributed by atoms with Crippen molar-refractivity contribution in [2.75, 3.05) is 26.6 Å². The van der Waals surface area contributed by atoms with Gasteiger partial charge in [-0.25, -0.2) is 4.98 Å². The van der Waals surface area contributed by atoms with Gasteiger partial charge in [0.1, 0.15) is 11.6 Å². The van der Waals surface area contributed by atoms with E-state index < -0.39 is 0 Å². The monoisotopic (exact) mass is 327 g/mol. The summed E-state index contributed by atoms with van der Waals surface area (Å²) in [6.07, 6.45) is 2.37. The van der Waals surface area contributed by atoms with Gasteiger partial charge in [-0.3, -0.25) is 0 Å². The average molecular weight is 328 g/mol. The molecule has 1 fully saturated rings. The summed E-state index contributed by atoms with van der Waals surface area (Å²) in [5, 5.41) is 0.251. The zero-order valence-electron chi connectivity index (χ0n) is 12.4. The number of anilines is 1. The molecule has 2 aromatic heterocycles. The molecule has 8 nitrogen and oxygen atoms in total. The highest BCUT2D eigenvalue weighted by molar-refractivity contribution is 6.33. The summed E-state index contributed by atoms with van der Waals surface area (Å²) >= 11 is 6.03. The van der Waals surface area contributed by atoms with Gasteiger partial charge in [0.05, 0.1) is 31.7 Å². The van der Waals surface area contributed by atoms with Crippen molar-refractivity contribution < 1.29 is 14.2 Å². The first-order chi connectivity index (χ1) is 10.6. The molecule has 1 saturated heterocycles. The minimum atomic E-state index is -0.0712. The van der Waals surface area contributed by atoms with E-state index in [2.05, 4.69) is 15.0 Å². The van der Waals surface area contributed by atoms with E-state index in [1.165, 1.54) is 0 Å². The van der Waals surface area contributed by atoms with Crippen molar-refractivity contribution in [1.82, 2.24) is 19.5 Å². The van der Waals surface area contributed by atoms with Crippen LogP contribution in [0.1, 0.15) is 6.42 Å². The van der Waals surface area contributed by atoms with Crippen LogP contribution >= 0.6 is 11.6 Å². The van der Waals surface area contributed by atoms with Crippen molar-refractivity contribution in [1.29, 1.82) is 0 Å². The molecule has 2 aromatic rings. The van der Waals surface area contributed by atoms with Crippen molar-refractivity contribution in [3.05, 3.63) is 11.5 Å². The summed E-state index contributed by atoms with van der Waals surface area (Å²) in [4.78, 5) is 12.3. The molecule has 0 amide bonds. The highest BCUT2D eigenvalue weighted by Crippen LogP contribution is 2.26. The Morgan fingerprint density at radius 3 is 3.00 bits per heavy atom. The Hall–Kier alpha value is -1.48. The number of nitrogens with zero attached hydrogens (tertiary/aromatic N) is 4. The zero-order chi connectivity index (χ0) is 15.7. The van der Waals surface area contributed by atoms with Crippen LogP contribution in [-0.4, -0.2) is 58.7 Å². The van der Waals surface area contributed by atoms with E-state index in [4.69, 9.17) is 31.5 Å². The predicted molar refractivity (Wildman–Crippen MR) is 80.7 cm³/mol. The Balaban J connectivity index is 1.79. The second kappa shape index (κ2) is 6.33. The quantitative estimate of drug-likeness (QED) is 0.814. The number of rotatable bonds is 5. The molecule has 0 aromatic carbocycles. The Morgan fingerprint density at radius 1 is 1.45 bits per heavy atom. The van der Waals surface area contributed by atoms with Crippen LogP contribution in [0.25, 0.3) is 11.2 Å². The van der Waals surface area contributed by atoms with Crippen LogP contribution in [0.15, 0.2) is 6.33 Å². The van der Waals surface area contributed by atoms with Crippen LogP contribution < -0.4 is 5.73 Å². The maximum atomic E-state index is 6.03. The molecule has 0 spiro atoms. The van der Waals surface area contributed by atoms with E-state index in [-0.39, 0.29) is 29.4 Å². The van der Waals surface area contributed by atoms with Gasteiger partial charge in [-0.05, 0) is 0 Å². The molecule has 2 unspecified atom stereocenters. The van der Waals surface area contributed by atoms with Gasteiger partial charge in [-0.2, -0.15) is 9.97 Å². The molecule has 120 valence electrons. The summed E-state index contributed by atoms with van der Waals surface area (Å²) < 4.78 is 18.5. The summed E-state index contributed by atoms with van der Waals surface area (Å²) in [5.41, 5.74) is 6.79. The number of aromatic nitrogens is 4. The van der Waals surface area contributed by atoms with E-state index in [0.717, 1.165) is 6.42 Å². The van der Waals surface area contributed by atoms with Crippen molar-refractivity contribution in [2.24, 2.45) is 0 Å². The van der Waals surface area contributed by atoms with E-state index >= 15 is 0 Å². The number of nitrogens with two attached hydrogens (primary N) is 1. The molecule has 1 aliphatic rings. The molecule has 0 aliphatic carbocycles. The Kier molecular flexibility index (Phi) is 4.44. The number of ether oxygens (including phenoxy) is 3. The van der Waals surface area contributed by atoms with Crippen LogP contribution in [0.5, 0.6) is 0 Å². The molecular weight excluding hydrogens is 310 g/mol. The number of methoxy groups -OCH3 is 2. The lowest BCUT2D eigenvalue weighted by Crippen LogP contribution is -2.27. The first kappa shape index (κ1) is 15.4. The highest BCUT2D eigenvalue weighted by Gasteiger charge is 2.35. The second-order valence-corrected chi connectivity index (χ2v) is 5.56. The number of hydrogen-bond acceptors (Lipinski definition) is 7. The van der Waals surface area contributed by atoms with Gasteiger partial charge in [0.2, 0.25) is 5.95 Å². The third-order valence-electron chi connectivity index (χ3n) is 3.75. The van der Waals surface area contributed by atoms with E-state index in [9.17, 15) is 0 Å². The first-order valence-electron chi connectivity index (χ1n) is 6.93. The van der Waals surface area contributed by atoms with Gasteiger partial charge < -0.3 is 24.5 Å². The molecule has 22 heavy (non-hydrogen) atoms. The second-order valence-electron chi connectivity index (χ2n) is 5.20. The van der Waals surface area contributed by atoms with Crippen LogP contribution in [0.4, 0.5) is 5.95 Å². The molecule has 0 radical (unpaired) electrons. The lowest BCUT2D eigenvalue weighted by atomic mass is 10.1. The summed E-state index contributed by atoms with van der Waals surface area (Å²) in [7, 11) is 3.33. The fourth-order valence-corrected chi connectivity index (χ4v) is 2.98. The van der Waals surface area contributed by atoms with Gasteiger partial charge in [0, 0.05) is 20.6 Å². The van der Waals surface area contributed by atoms with Crippen LogP contribution in [-0.2, 0) is 20.8 Å².